The van der Waals surface area contributed by atoms with Gasteiger partial charge in [0.2, 0.25) is 0 Å². The Bertz CT molecular complexity index is 615. The van der Waals surface area contributed by atoms with E-state index >= 15 is 0 Å². The smallest absolute Gasteiger partial charge is 0.307 e. The van der Waals surface area contributed by atoms with Gasteiger partial charge in [-0.25, -0.2) is 0 Å². The number of rotatable bonds is 2. The van der Waals surface area contributed by atoms with Crippen LogP contribution in [-0.2, 0) is 9.59 Å². The second-order valence-electron chi connectivity index (χ2n) is 7.56. The van der Waals surface area contributed by atoms with Crippen LogP contribution in [0.3, 0.4) is 0 Å². The lowest BCUT2D eigenvalue weighted by molar-refractivity contribution is -0.148. The Balaban J connectivity index is 0.000000444. The highest BCUT2D eigenvalue weighted by atomic mass is 16.4. The molecule has 6 unspecified atom stereocenters. The number of aliphatic hydroxyl groups excluding tert-OH is 1. The topological polar surface area (TPSA) is 124 Å². The average molecular weight is 365 g/mol. The van der Waals surface area contributed by atoms with Crippen molar-refractivity contribution in [1.82, 2.24) is 0 Å². The van der Waals surface area contributed by atoms with Gasteiger partial charge >= 0.3 is 5.97 Å². The Hall–Kier alpha value is -2.02. The predicted octanol–water partition coefficient (Wildman–Crippen LogP) is 2.84. The Morgan fingerprint density at radius 1 is 1.38 bits per heavy atom. The lowest BCUT2D eigenvalue weighted by Gasteiger charge is -2.38. The fourth-order valence-corrected chi connectivity index (χ4v) is 6.00. The van der Waals surface area contributed by atoms with Crippen LogP contribution in [-0.4, -0.2) is 40.9 Å². The molecule has 2 bridgehead atoms. The van der Waals surface area contributed by atoms with Crippen molar-refractivity contribution in [2.45, 2.75) is 44.6 Å². The molecule has 1 spiro atoms. The molecule has 0 radical (unpaired) electrons. The van der Waals surface area contributed by atoms with Crippen molar-refractivity contribution in [2.75, 3.05) is 7.11 Å². The molecule has 3 saturated carbocycles. The highest BCUT2D eigenvalue weighted by Gasteiger charge is 2.65. The fourth-order valence-electron chi connectivity index (χ4n) is 6.00. The number of carboxylic acid groups (broad SMARTS) is 2. The molecule has 0 aliphatic heterocycles. The number of carbonyl (C=O) groups is 2. The lowest BCUT2D eigenvalue weighted by atomic mass is 9.64. The van der Waals surface area contributed by atoms with Gasteiger partial charge in [0.1, 0.15) is 0 Å². The molecule has 0 aromatic heterocycles. The summed E-state index contributed by atoms with van der Waals surface area (Å²) in [4.78, 5) is 31.3. The number of hydrogen-bond acceptors (Lipinski definition) is 5. The number of fused-ring (bicyclic) bond motifs is 3. The predicted molar refractivity (Wildman–Crippen MR) is 95.4 cm³/mol. The van der Waals surface area contributed by atoms with Crippen LogP contribution in [0.2, 0.25) is 0 Å². The molecule has 144 valence electrons. The molecule has 0 saturated heterocycles. The number of allylic oxidation sites excluding steroid dienone is 2. The zero-order valence-electron chi connectivity index (χ0n) is 15.0. The number of carboxylic acids is 1. The summed E-state index contributed by atoms with van der Waals surface area (Å²) in [7, 11) is 1.00. The van der Waals surface area contributed by atoms with Crippen LogP contribution < -0.4 is 0 Å². The van der Waals surface area contributed by atoms with Crippen LogP contribution in [0, 0.1) is 34.0 Å². The summed E-state index contributed by atoms with van der Waals surface area (Å²) >= 11 is 0. The first-order valence-electron chi connectivity index (χ1n) is 8.94. The second-order valence-corrected chi connectivity index (χ2v) is 7.56. The van der Waals surface area contributed by atoms with Gasteiger partial charge < -0.3 is 15.3 Å². The van der Waals surface area contributed by atoms with Crippen molar-refractivity contribution >= 4 is 12.4 Å². The Morgan fingerprint density at radius 2 is 2.04 bits per heavy atom. The summed E-state index contributed by atoms with van der Waals surface area (Å²) in [5.74, 6) is -0.0974. The SMILES string of the molecule is C=C1CC23CC1CCC2C1=CCC(N=O)CC1C3C(=O)O.CO.O=CO. The molecular formula is C19H27NO6. The van der Waals surface area contributed by atoms with Gasteiger partial charge in [-0.3, -0.25) is 9.59 Å². The molecular weight excluding hydrogens is 338 g/mol. The van der Waals surface area contributed by atoms with Crippen molar-refractivity contribution in [3.8, 4) is 0 Å². The zero-order valence-corrected chi connectivity index (χ0v) is 15.0. The van der Waals surface area contributed by atoms with E-state index in [4.69, 9.17) is 15.0 Å². The molecule has 4 aliphatic rings. The van der Waals surface area contributed by atoms with E-state index < -0.39 is 5.97 Å². The van der Waals surface area contributed by atoms with Crippen molar-refractivity contribution in [1.29, 1.82) is 0 Å². The molecule has 0 aromatic rings. The molecule has 0 heterocycles. The third kappa shape index (κ3) is 3.09. The molecule has 26 heavy (non-hydrogen) atoms. The number of aliphatic hydroxyl groups is 1. The van der Waals surface area contributed by atoms with E-state index in [1.807, 2.05) is 0 Å². The Kier molecular flexibility index (Phi) is 6.34. The van der Waals surface area contributed by atoms with Crippen LogP contribution in [0.15, 0.2) is 29.0 Å². The van der Waals surface area contributed by atoms with Gasteiger partial charge in [-0.05, 0) is 61.7 Å². The molecule has 3 N–H and O–H groups in total. The van der Waals surface area contributed by atoms with Crippen LogP contribution in [0.25, 0.3) is 0 Å². The lowest BCUT2D eigenvalue weighted by Crippen LogP contribution is -2.38. The zero-order chi connectivity index (χ0) is 19.5. The van der Waals surface area contributed by atoms with E-state index in [0.717, 1.165) is 32.8 Å². The van der Waals surface area contributed by atoms with Crippen molar-refractivity contribution in [3.63, 3.8) is 0 Å². The molecule has 7 heteroatoms. The van der Waals surface area contributed by atoms with E-state index in [0.29, 0.717) is 24.7 Å². The van der Waals surface area contributed by atoms with Gasteiger partial charge in [0.25, 0.3) is 6.47 Å². The molecule has 3 fully saturated rings. The van der Waals surface area contributed by atoms with E-state index in [1.165, 1.54) is 11.1 Å². The minimum absolute atomic E-state index is 0.0219. The summed E-state index contributed by atoms with van der Waals surface area (Å²) in [6.45, 7) is 3.96. The first-order valence-corrected chi connectivity index (χ1v) is 8.94. The standard InChI is InChI=1S/C17H21NO3.CH2O2.CH4O/c1-9-7-17-8-10(9)2-5-14(17)12-4-3-11(18-21)6-13(12)15(17)16(19)20;2-1-3;1-2/h4,10-11,13-15H,1-3,5-8H2,(H,19,20);1H,(H,2,3);2H,1H3. The van der Waals surface area contributed by atoms with E-state index in [9.17, 15) is 14.8 Å². The quantitative estimate of drug-likeness (QED) is 0.393. The van der Waals surface area contributed by atoms with Crippen molar-refractivity contribution in [2.24, 2.45) is 34.3 Å². The molecule has 6 atom stereocenters. The first-order chi connectivity index (χ1) is 12.5. The Labute approximate surface area is 152 Å². The van der Waals surface area contributed by atoms with Crippen LogP contribution in [0.1, 0.15) is 38.5 Å². The summed E-state index contributed by atoms with van der Waals surface area (Å²) in [6.07, 6.45) is 7.57. The first kappa shape index (κ1) is 20.3. The third-order valence-electron chi connectivity index (χ3n) is 6.68. The summed E-state index contributed by atoms with van der Waals surface area (Å²) in [5.41, 5.74) is 2.46. The minimum Gasteiger partial charge on any atom is -0.483 e. The second kappa shape index (κ2) is 8.12. The van der Waals surface area contributed by atoms with Gasteiger partial charge in [0, 0.05) is 7.11 Å². The Morgan fingerprint density at radius 3 is 2.62 bits per heavy atom. The number of hydrogen-bond donors (Lipinski definition) is 3. The maximum absolute atomic E-state index is 12.0. The van der Waals surface area contributed by atoms with Crippen molar-refractivity contribution < 1.29 is 24.9 Å². The van der Waals surface area contributed by atoms with Crippen molar-refractivity contribution in [3.05, 3.63) is 28.7 Å². The number of nitroso groups, excluding NO2 is 1. The summed E-state index contributed by atoms with van der Waals surface area (Å²) < 4.78 is 0. The minimum atomic E-state index is -0.685. The third-order valence-corrected chi connectivity index (χ3v) is 6.68. The van der Waals surface area contributed by atoms with Crippen LogP contribution in [0.4, 0.5) is 0 Å². The van der Waals surface area contributed by atoms with Gasteiger partial charge in [0.15, 0.2) is 0 Å². The van der Waals surface area contributed by atoms with Crippen LogP contribution in [0.5, 0.6) is 0 Å². The average Bonchev–Trinajstić information content (AvgIpc) is 3.06. The van der Waals surface area contributed by atoms with Gasteiger partial charge in [-0.15, -0.1) is 0 Å². The van der Waals surface area contributed by atoms with Gasteiger partial charge in [-0.2, -0.15) is 4.91 Å². The van der Waals surface area contributed by atoms with E-state index in [1.54, 1.807) is 0 Å². The maximum atomic E-state index is 12.0. The van der Waals surface area contributed by atoms with E-state index in [-0.39, 0.29) is 29.8 Å². The summed E-state index contributed by atoms with van der Waals surface area (Å²) in [5, 5.41) is 27.0. The molecule has 0 aromatic carbocycles. The molecule has 0 amide bonds. The highest BCUT2D eigenvalue weighted by molar-refractivity contribution is 5.74. The normalized spacial score (nSPS) is 39.1. The largest absolute Gasteiger partial charge is 0.483 e. The maximum Gasteiger partial charge on any atom is 0.307 e. The number of nitrogens with zero attached hydrogens (tertiary/aromatic N) is 1. The number of aliphatic carboxylic acids is 1. The fraction of sp³-hybridized carbons (Fsp3) is 0.684. The molecule has 7 nitrogen and oxygen atoms in total. The van der Waals surface area contributed by atoms with E-state index in [2.05, 4.69) is 17.8 Å². The van der Waals surface area contributed by atoms with Gasteiger partial charge in [0.05, 0.1) is 12.0 Å². The molecule has 4 rings (SSSR count). The molecule has 4 aliphatic carbocycles. The van der Waals surface area contributed by atoms with Gasteiger partial charge in [-0.1, -0.05) is 29.0 Å². The van der Waals surface area contributed by atoms with Crippen LogP contribution >= 0.6 is 0 Å². The summed E-state index contributed by atoms with van der Waals surface area (Å²) in [6, 6.07) is -0.238. The highest BCUT2D eigenvalue weighted by Crippen LogP contribution is 2.70. The monoisotopic (exact) mass is 365 g/mol.